The minimum absolute atomic E-state index is 0.0125. The van der Waals surface area contributed by atoms with Crippen LogP contribution >= 0.6 is 23.2 Å². The number of nitrogens with two attached hydrogens (primary N) is 3. The molecule has 2 aliphatic carbocycles. The first-order chi connectivity index (χ1) is 40.1. The number of carbonyl (C=O) groups excluding carboxylic acids is 1. The normalized spacial score (nSPS) is 19.2. The lowest BCUT2D eigenvalue weighted by atomic mass is 10.1. The monoisotopic (exact) mass is 1190 g/mol. The average Bonchev–Trinajstić information content (AvgIpc) is 3.23. The van der Waals surface area contributed by atoms with Gasteiger partial charge in [-0.3, -0.25) is 9.89 Å². The number of hydrogen-bond donors (Lipinski definition) is 8. The Morgan fingerprint density at radius 2 is 1.32 bits per heavy atom. The third-order valence-electron chi connectivity index (χ3n) is 14.9. The van der Waals surface area contributed by atoms with E-state index in [2.05, 4.69) is 60.3 Å². The zero-order chi connectivity index (χ0) is 60.1. The van der Waals surface area contributed by atoms with Crippen LogP contribution in [0.3, 0.4) is 0 Å². The summed E-state index contributed by atoms with van der Waals surface area (Å²) in [5, 5.41) is 39.3. The average molecular weight is 1190 g/mol. The summed E-state index contributed by atoms with van der Waals surface area (Å²) < 4.78 is 45.0. The van der Waals surface area contributed by atoms with E-state index in [0.29, 0.717) is 22.6 Å². The predicted octanol–water partition coefficient (Wildman–Crippen LogP) is 11.4. The van der Waals surface area contributed by atoms with Crippen molar-refractivity contribution < 1.29 is 33.0 Å². The fourth-order valence-electron chi connectivity index (χ4n) is 11.1. The number of carbonyl (C=O) groups is 2. The van der Waals surface area contributed by atoms with E-state index < -0.39 is 23.3 Å². The molecular weight excluding hydrogens is 1120 g/mol. The second-order valence-electron chi connectivity index (χ2n) is 22.3. The van der Waals surface area contributed by atoms with Crippen molar-refractivity contribution >= 4 is 81.2 Å². The van der Waals surface area contributed by atoms with Crippen molar-refractivity contribution in [2.75, 3.05) is 17.2 Å². The van der Waals surface area contributed by atoms with Crippen LogP contribution in [0.25, 0.3) is 33.3 Å². The summed E-state index contributed by atoms with van der Waals surface area (Å²) in [5.41, 5.74) is 31.2. The number of amides is 1. The van der Waals surface area contributed by atoms with Gasteiger partial charge in [0.25, 0.3) is 6.47 Å². The summed E-state index contributed by atoms with van der Waals surface area (Å²) in [4.78, 5) is 29.8. The molecule has 1 unspecified atom stereocenters. The highest BCUT2D eigenvalue weighted by Gasteiger charge is 2.31. The molecule has 2 aromatic carbocycles. The van der Waals surface area contributed by atoms with Crippen LogP contribution in [-0.2, 0) is 14.3 Å². The van der Waals surface area contributed by atoms with E-state index in [0.717, 1.165) is 125 Å². The molecule has 0 bridgehead atoms. The van der Waals surface area contributed by atoms with Crippen LogP contribution < -0.4 is 33.2 Å². The Hall–Kier alpha value is -8.12. The molecular formula is C59H70Cl2F2N16O5. The molecule has 8 aromatic rings. The van der Waals surface area contributed by atoms with Crippen LogP contribution in [0.5, 0.6) is 0 Å². The molecule has 7 heterocycles. The predicted molar refractivity (Wildman–Crippen MR) is 323 cm³/mol. The van der Waals surface area contributed by atoms with Gasteiger partial charge in [-0.15, -0.1) is 0 Å². The number of aryl methyl sites for hydroxylation is 3. The molecule has 21 nitrogen and oxygen atoms in total. The van der Waals surface area contributed by atoms with Gasteiger partial charge in [0.1, 0.15) is 35.1 Å². The van der Waals surface area contributed by atoms with Gasteiger partial charge in [0, 0.05) is 88.9 Å². The van der Waals surface area contributed by atoms with Crippen molar-refractivity contribution in [1.29, 1.82) is 0 Å². The summed E-state index contributed by atoms with van der Waals surface area (Å²) in [6, 6.07) is 12.4. The standard InChI is InChI=1S/C34H42ClFN8O3.C24H26ClFN8.CH2O2/c1-19-30(20(2)44(42-19)29-8-6-7-13-46-29)21-14-28-31(39-23-10-11-24(16-23)40-33(45)47-34(3,4)5)25(17-38-43(28)18-21)32(37)41-27-15-22(36)9-12-26(27)35;1-12-22(13(2)33-32-12)14-7-21-23(30-17-5-4-16(27)9-17)18(10-29-34(21)11-14)24(28)31-20-8-15(26)3-6-19(20)25;2-1-3/h9,12,14-15,17-18,23-24,29,39H,6-8,10-11,13,16H2,1-5H3,(H2,37,41)(H,40,45);3,6-8,10-11,16-17,30H,4-5,9,27H2,1-2H3,(H2,28,31)(H,32,33);1H,(H,2,3)/t23-,24+,29?;16-,17+;/m10./s1. The fraction of sp³-hybridized carbons (Fsp3) is 0.390. The highest BCUT2D eigenvalue weighted by molar-refractivity contribution is 6.33. The zero-order valence-corrected chi connectivity index (χ0v) is 49.3. The number of aromatic amines is 1. The highest BCUT2D eigenvalue weighted by Crippen LogP contribution is 2.38. The molecule has 11 N–H and O–H groups in total. The number of benzene rings is 2. The Morgan fingerprint density at radius 1 is 0.786 bits per heavy atom. The van der Waals surface area contributed by atoms with Gasteiger partial charge in [0.15, 0.2) is 0 Å². The van der Waals surface area contributed by atoms with Gasteiger partial charge in [-0.25, -0.2) is 37.3 Å². The fourth-order valence-corrected chi connectivity index (χ4v) is 11.4. The number of fused-ring (bicyclic) bond motifs is 2. The van der Waals surface area contributed by atoms with Gasteiger partial charge in [0.05, 0.1) is 78.7 Å². The van der Waals surface area contributed by atoms with Crippen molar-refractivity contribution in [3.63, 3.8) is 0 Å². The van der Waals surface area contributed by atoms with Crippen LogP contribution in [0.1, 0.15) is 119 Å². The first kappa shape index (κ1) is 60.5. The lowest BCUT2D eigenvalue weighted by Gasteiger charge is -2.24. The maximum absolute atomic E-state index is 14.1. The quantitative estimate of drug-likeness (QED) is 0.0321. The van der Waals surface area contributed by atoms with E-state index in [9.17, 15) is 13.6 Å². The number of nitrogens with one attached hydrogen (secondary N) is 4. The van der Waals surface area contributed by atoms with Crippen LogP contribution in [0.2, 0.25) is 10.0 Å². The number of hydrogen-bond acceptors (Lipinski definition) is 13. The number of halogens is 4. The molecule has 0 radical (unpaired) electrons. The van der Waals surface area contributed by atoms with Crippen molar-refractivity contribution in [2.45, 2.75) is 142 Å². The third kappa shape index (κ3) is 13.9. The number of aliphatic imine (C=N–C) groups is 2. The summed E-state index contributed by atoms with van der Waals surface area (Å²) in [6.07, 6.45) is 14.9. The third-order valence-corrected chi connectivity index (χ3v) is 15.5. The molecule has 6 aromatic heterocycles. The first-order valence-electron chi connectivity index (χ1n) is 27.8. The molecule has 444 valence electrons. The van der Waals surface area contributed by atoms with E-state index in [4.69, 9.17) is 70.0 Å². The minimum Gasteiger partial charge on any atom is -0.483 e. The second kappa shape index (κ2) is 25.8. The maximum Gasteiger partial charge on any atom is 0.407 e. The maximum atomic E-state index is 14.1. The van der Waals surface area contributed by atoms with E-state index in [1.807, 2.05) is 67.6 Å². The number of nitrogens with zero attached hydrogens (tertiary/aromatic N) is 9. The topological polar surface area (TPSA) is 293 Å². The lowest BCUT2D eigenvalue weighted by molar-refractivity contribution is -0.122. The lowest BCUT2D eigenvalue weighted by Crippen LogP contribution is -2.38. The number of rotatable bonds is 12. The molecule has 1 amide bonds. The van der Waals surface area contributed by atoms with E-state index in [1.54, 1.807) is 12.4 Å². The molecule has 3 aliphatic rings. The van der Waals surface area contributed by atoms with Gasteiger partial charge in [-0.2, -0.15) is 20.4 Å². The Labute approximate surface area is 494 Å². The number of ether oxygens (including phenoxy) is 2. The molecule has 84 heavy (non-hydrogen) atoms. The summed E-state index contributed by atoms with van der Waals surface area (Å²) in [7, 11) is 0. The molecule has 1 saturated heterocycles. The number of amidine groups is 2. The Morgan fingerprint density at radius 3 is 1.82 bits per heavy atom. The van der Waals surface area contributed by atoms with Crippen molar-refractivity contribution in [1.82, 2.24) is 44.5 Å². The van der Waals surface area contributed by atoms with E-state index in [-0.39, 0.29) is 64.9 Å². The van der Waals surface area contributed by atoms with Gasteiger partial charge in [0.2, 0.25) is 0 Å². The number of alkyl carbamates (subject to hydrolysis) is 1. The number of H-pyrrole nitrogens is 1. The van der Waals surface area contributed by atoms with E-state index in [1.165, 1.54) is 36.4 Å². The molecule has 2 saturated carbocycles. The minimum atomic E-state index is -0.581. The zero-order valence-electron chi connectivity index (χ0n) is 47.8. The van der Waals surface area contributed by atoms with Gasteiger partial charge < -0.3 is 47.7 Å². The molecule has 3 fully saturated rings. The Bertz CT molecular complexity index is 3750. The largest absolute Gasteiger partial charge is 0.483 e. The highest BCUT2D eigenvalue weighted by atomic mass is 35.5. The molecule has 11 rings (SSSR count). The Balaban J connectivity index is 0.000000201. The van der Waals surface area contributed by atoms with Gasteiger partial charge >= 0.3 is 6.09 Å². The first-order valence-corrected chi connectivity index (χ1v) is 28.5. The summed E-state index contributed by atoms with van der Waals surface area (Å²) in [6.45, 7) is 14.0. The molecule has 5 atom stereocenters. The summed E-state index contributed by atoms with van der Waals surface area (Å²) >= 11 is 12.5. The second-order valence-corrected chi connectivity index (χ2v) is 23.1. The number of aromatic nitrogens is 8. The van der Waals surface area contributed by atoms with Gasteiger partial charge in [-0.05, 0) is 143 Å². The number of anilines is 2. The molecule has 0 spiro atoms. The number of carboxylic acid groups (broad SMARTS) is 1. The van der Waals surface area contributed by atoms with Crippen molar-refractivity contribution in [2.24, 2.45) is 27.2 Å². The van der Waals surface area contributed by atoms with Crippen molar-refractivity contribution in [3.05, 3.63) is 129 Å². The molecule has 25 heteroatoms. The van der Waals surface area contributed by atoms with Gasteiger partial charge in [-0.1, -0.05) is 23.2 Å². The van der Waals surface area contributed by atoms with Crippen LogP contribution in [0.4, 0.5) is 36.3 Å². The van der Waals surface area contributed by atoms with Crippen LogP contribution in [0.15, 0.2) is 83.3 Å². The molecule has 1 aliphatic heterocycles. The Kier molecular flexibility index (Phi) is 18.6. The SMILES string of the molecule is Cc1n[nH]c(C)c1-c1cc2c(N[C@@H]3CC[C@H](N)C3)c(C(N)=Nc3cc(F)ccc3Cl)cnn2c1.Cc1nn(C2CCCCO2)c(C)c1-c1cc2c(N[C@@H]3CC[C@H](NC(=O)OC(C)(C)C)C3)c(C(N)=Nc3cc(F)ccc3Cl)cnn2c1.O=CO. The van der Waals surface area contributed by atoms with Crippen molar-refractivity contribution in [3.8, 4) is 22.3 Å². The smallest absolute Gasteiger partial charge is 0.407 e. The van der Waals surface area contributed by atoms with E-state index >= 15 is 0 Å². The summed E-state index contributed by atoms with van der Waals surface area (Å²) in [5.74, 6) is -0.590. The van der Waals surface area contributed by atoms with Crippen LogP contribution in [0, 0.1) is 39.3 Å². The van der Waals surface area contributed by atoms with Crippen LogP contribution in [-0.4, -0.2) is 105 Å².